The summed E-state index contributed by atoms with van der Waals surface area (Å²) in [5.41, 5.74) is 8.39. The van der Waals surface area contributed by atoms with Gasteiger partial charge in [0.2, 0.25) is 0 Å². The maximum absolute atomic E-state index is 6.06. The fourth-order valence-electron chi connectivity index (χ4n) is 1.91. The molecule has 0 aliphatic heterocycles. The van der Waals surface area contributed by atoms with Gasteiger partial charge in [0.1, 0.15) is 11.9 Å². The Morgan fingerprint density at radius 3 is 2.26 bits per heavy atom. The molecule has 2 N–H and O–H groups in total. The van der Waals surface area contributed by atoms with Gasteiger partial charge in [0.05, 0.1) is 4.47 Å². The Labute approximate surface area is 122 Å². The third-order valence-corrected chi connectivity index (χ3v) is 3.63. The molecule has 0 spiro atoms. The first-order valence-corrected chi connectivity index (χ1v) is 7.10. The largest absolute Gasteiger partial charge is 0.483 e. The van der Waals surface area contributed by atoms with Gasteiger partial charge in [-0.05, 0) is 47.5 Å². The summed E-state index contributed by atoms with van der Waals surface area (Å²) in [5.74, 6) is 0.811. The third-order valence-electron chi connectivity index (χ3n) is 2.97. The summed E-state index contributed by atoms with van der Waals surface area (Å²) in [7, 11) is 0. The van der Waals surface area contributed by atoms with Gasteiger partial charge in [-0.3, -0.25) is 0 Å². The first kappa shape index (κ1) is 14.1. The van der Waals surface area contributed by atoms with Gasteiger partial charge in [0, 0.05) is 6.04 Å². The molecule has 2 nitrogen and oxygen atoms in total. The van der Waals surface area contributed by atoms with Gasteiger partial charge in [-0.2, -0.15) is 0 Å². The second-order valence-electron chi connectivity index (χ2n) is 4.74. The molecule has 2 atom stereocenters. The number of halogens is 1. The van der Waals surface area contributed by atoms with Crippen molar-refractivity contribution in [2.75, 3.05) is 0 Å². The number of benzene rings is 2. The highest BCUT2D eigenvalue weighted by atomic mass is 79.9. The molecule has 2 aromatic rings. The quantitative estimate of drug-likeness (QED) is 0.915. The molecular formula is C16H18BrNO. The number of nitrogens with two attached hydrogens (primary N) is 1. The van der Waals surface area contributed by atoms with E-state index < -0.39 is 0 Å². The number of ether oxygens (including phenoxy) is 1. The minimum atomic E-state index is -0.153. The van der Waals surface area contributed by atoms with E-state index in [1.54, 1.807) is 0 Å². The lowest BCUT2D eigenvalue weighted by molar-refractivity contribution is 0.179. The third kappa shape index (κ3) is 3.58. The van der Waals surface area contributed by atoms with Crippen LogP contribution in [0.3, 0.4) is 0 Å². The standard InChI is InChI=1S/C16H18BrNO/c1-11-7-9-13(10-8-11)16(12(2)18)19-15-6-4-3-5-14(15)17/h3-10,12,16H,18H2,1-2H3. The second kappa shape index (κ2) is 6.22. The van der Waals surface area contributed by atoms with Crippen LogP contribution >= 0.6 is 15.9 Å². The Kier molecular flexibility index (Phi) is 4.61. The molecule has 0 amide bonds. The van der Waals surface area contributed by atoms with E-state index in [1.165, 1.54) is 5.56 Å². The van der Waals surface area contributed by atoms with Gasteiger partial charge in [-0.15, -0.1) is 0 Å². The number of rotatable bonds is 4. The van der Waals surface area contributed by atoms with Crippen LogP contribution in [0.15, 0.2) is 53.0 Å². The van der Waals surface area contributed by atoms with E-state index in [0.29, 0.717) is 0 Å². The van der Waals surface area contributed by atoms with Crippen LogP contribution in [0.1, 0.15) is 24.2 Å². The molecule has 0 fully saturated rings. The lowest BCUT2D eigenvalue weighted by Gasteiger charge is -2.23. The molecule has 2 aromatic carbocycles. The minimum absolute atomic E-state index is 0.0881. The summed E-state index contributed by atoms with van der Waals surface area (Å²) in [4.78, 5) is 0. The van der Waals surface area contributed by atoms with Crippen LogP contribution < -0.4 is 10.5 Å². The van der Waals surface area contributed by atoms with Crippen molar-refractivity contribution in [3.63, 3.8) is 0 Å². The SMILES string of the molecule is Cc1ccc(C(Oc2ccccc2Br)C(C)N)cc1. The highest BCUT2D eigenvalue weighted by Crippen LogP contribution is 2.30. The van der Waals surface area contributed by atoms with Crippen molar-refractivity contribution in [2.24, 2.45) is 5.73 Å². The van der Waals surface area contributed by atoms with Crippen molar-refractivity contribution in [2.45, 2.75) is 26.0 Å². The molecule has 0 aliphatic carbocycles. The van der Waals surface area contributed by atoms with Crippen molar-refractivity contribution in [3.05, 3.63) is 64.1 Å². The first-order valence-electron chi connectivity index (χ1n) is 6.31. The molecule has 0 radical (unpaired) electrons. The molecule has 0 aliphatic rings. The zero-order chi connectivity index (χ0) is 13.8. The smallest absolute Gasteiger partial charge is 0.139 e. The summed E-state index contributed by atoms with van der Waals surface area (Å²) >= 11 is 3.49. The normalized spacial score (nSPS) is 13.9. The van der Waals surface area contributed by atoms with Crippen molar-refractivity contribution in [3.8, 4) is 5.75 Å². The number of hydrogen-bond donors (Lipinski definition) is 1. The summed E-state index contributed by atoms with van der Waals surface area (Å²) in [6.07, 6.45) is -0.153. The molecule has 0 aromatic heterocycles. The van der Waals surface area contributed by atoms with Crippen molar-refractivity contribution in [1.82, 2.24) is 0 Å². The first-order chi connectivity index (χ1) is 9.08. The summed E-state index contributed by atoms with van der Waals surface area (Å²) in [6, 6.07) is 16.0. The predicted molar refractivity (Wildman–Crippen MR) is 82.3 cm³/mol. The molecule has 3 heteroatoms. The molecule has 2 rings (SSSR count). The van der Waals surface area contributed by atoms with E-state index in [4.69, 9.17) is 10.5 Å². The number of para-hydroxylation sites is 1. The maximum Gasteiger partial charge on any atom is 0.139 e. The van der Waals surface area contributed by atoms with E-state index in [1.807, 2.05) is 31.2 Å². The van der Waals surface area contributed by atoms with Crippen LogP contribution in [-0.4, -0.2) is 6.04 Å². The molecule has 19 heavy (non-hydrogen) atoms. The van der Waals surface area contributed by atoms with Crippen LogP contribution in [0.25, 0.3) is 0 Å². The summed E-state index contributed by atoms with van der Waals surface area (Å²) in [5, 5.41) is 0. The Hall–Kier alpha value is -1.32. The fourth-order valence-corrected chi connectivity index (χ4v) is 2.29. The van der Waals surface area contributed by atoms with E-state index in [0.717, 1.165) is 15.8 Å². The predicted octanol–water partition coefficient (Wildman–Crippen LogP) is 4.22. The monoisotopic (exact) mass is 319 g/mol. The molecule has 2 unspecified atom stereocenters. The van der Waals surface area contributed by atoms with Gasteiger partial charge in [0.15, 0.2) is 0 Å². The summed E-state index contributed by atoms with van der Waals surface area (Å²) in [6.45, 7) is 4.03. The van der Waals surface area contributed by atoms with Gasteiger partial charge in [-0.1, -0.05) is 42.0 Å². The average Bonchev–Trinajstić information content (AvgIpc) is 2.39. The van der Waals surface area contributed by atoms with Crippen LogP contribution in [-0.2, 0) is 0 Å². The zero-order valence-corrected chi connectivity index (χ0v) is 12.7. The van der Waals surface area contributed by atoms with Gasteiger partial charge < -0.3 is 10.5 Å². The fraction of sp³-hybridized carbons (Fsp3) is 0.250. The van der Waals surface area contributed by atoms with Crippen LogP contribution in [0, 0.1) is 6.92 Å². The van der Waals surface area contributed by atoms with Crippen molar-refractivity contribution < 1.29 is 4.74 Å². The lowest BCUT2D eigenvalue weighted by atomic mass is 10.0. The Morgan fingerprint density at radius 2 is 1.68 bits per heavy atom. The Balaban J connectivity index is 2.26. The lowest BCUT2D eigenvalue weighted by Crippen LogP contribution is -2.29. The zero-order valence-electron chi connectivity index (χ0n) is 11.1. The topological polar surface area (TPSA) is 35.2 Å². The summed E-state index contributed by atoms with van der Waals surface area (Å²) < 4.78 is 7.00. The number of aryl methyl sites for hydroxylation is 1. The molecule has 0 bridgehead atoms. The maximum atomic E-state index is 6.06. The van der Waals surface area contributed by atoms with E-state index in [-0.39, 0.29) is 12.1 Å². The van der Waals surface area contributed by atoms with Crippen molar-refractivity contribution >= 4 is 15.9 Å². The Morgan fingerprint density at radius 1 is 1.05 bits per heavy atom. The number of hydrogen-bond acceptors (Lipinski definition) is 2. The minimum Gasteiger partial charge on any atom is -0.483 e. The highest BCUT2D eigenvalue weighted by Gasteiger charge is 2.19. The van der Waals surface area contributed by atoms with E-state index >= 15 is 0 Å². The van der Waals surface area contributed by atoms with E-state index in [9.17, 15) is 0 Å². The molecule has 100 valence electrons. The Bertz CT molecular complexity index is 537. The van der Waals surface area contributed by atoms with Gasteiger partial charge in [0.25, 0.3) is 0 Å². The van der Waals surface area contributed by atoms with Gasteiger partial charge >= 0.3 is 0 Å². The van der Waals surface area contributed by atoms with Gasteiger partial charge in [-0.25, -0.2) is 0 Å². The van der Waals surface area contributed by atoms with E-state index in [2.05, 4.69) is 47.1 Å². The molecule has 0 saturated heterocycles. The average molecular weight is 320 g/mol. The highest BCUT2D eigenvalue weighted by molar-refractivity contribution is 9.10. The molecular weight excluding hydrogens is 302 g/mol. The molecule has 0 heterocycles. The molecule has 0 saturated carbocycles. The van der Waals surface area contributed by atoms with Crippen LogP contribution in [0.2, 0.25) is 0 Å². The second-order valence-corrected chi connectivity index (χ2v) is 5.59. The van der Waals surface area contributed by atoms with Crippen LogP contribution in [0.4, 0.5) is 0 Å². The van der Waals surface area contributed by atoms with Crippen LogP contribution in [0.5, 0.6) is 5.75 Å². The van der Waals surface area contributed by atoms with Crippen molar-refractivity contribution in [1.29, 1.82) is 0 Å².